The van der Waals surface area contributed by atoms with Crippen molar-refractivity contribution < 1.29 is 33.8 Å². The fourth-order valence-corrected chi connectivity index (χ4v) is 6.33. The Morgan fingerprint density at radius 1 is 0.885 bits per heavy atom. The zero-order chi connectivity index (χ0) is 36.4. The minimum Gasteiger partial charge on any atom is -0.477 e. The Hall–Kier alpha value is -6.33. The third kappa shape index (κ3) is 7.12. The Bertz CT molecular complexity index is 2170. The molecule has 0 radical (unpaired) electrons. The van der Waals surface area contributed by atoms with Crippen LogP contribution in [0.15, 0.2) is 73.1 Å². The van der Waals surface area contributed by atoms with E-state index in [2.05, 4.69) is 31.1 Å². The van der Waals surface area contributed by atoms with Gasteiger partial charge in [-0.1, -0.05) is 23.7 Å². The van der Waals surface area contributed by atoms with E-state index < -0.39 is 29.7 Å². The minimum atomic E-state index is -1.14. The Morgan fingerprint density at radius 2 is 1.65 bits per heavy atom. The Balaban J connectivity index is 1.14. The third-order valence-corrected chi connectivity index (χ3v) is 9.04. The predicted molar refractivity (Wildman–Crippen MR) is 187 cm³/mol. The van der Waals surface area contributed by atoms with Crippen LogP contribution in [0.2, 0.25) is 5.02 Å². The average Bonchev–Trinajstić information content (AvgIpc) is 3.84. The number of carbonyl (C=O) groups is 5. The van der Waals surface area contributed by atoms with E-state index in [1.54, 1.807) is 59.5 Å². The largest absolute Gasteiger partial charge is 0.477 e. The van der Waals surface area contributed by atoms with E-state index in [0.717, 1.165) is 0 Å². The van der Waals surface area contributed by atoms with E-state index >= 15 is 0 Å². The highest BCUT2D eigenvalue weighted by Gasteiger charge is 2.40. The lowest BCUT2D eigenvalue weighted by Gasteiger charge is -2.38. The van der Waals surface area contributed by atoms with Gasteiger partial charge in [-0.05, 0) is 70.6 Å². The average molecular weight is 727 g/mol. The zero-order valence-corrected chi connectivity index (χ0v) is 28.1. The highest BCUT2D eigenvalue weighted by Crippen LogP contribution is 2.30. The lowest BCUT2D eigenvalue weighted by Crippen LogP contribution is -2.60. The summed E-state index contributed by atoms with van der Waals surface area (Å²) in [5.74, 6) is -3.48. The number of aromatic carboxylic acids is 1. The topological polar surface area (TPSA) is 208 Å². The van der Waals surface area contributed by atoms with Crippen molar-refractivity contribution in [2.45, 2.75) is 12.5 Å². The number of urea groups is 1. The van der Waals surface area contributed by atoms with Crippen molar-refractivity contribution in [1.82, 2.24) is 35.0 Å². The number of nitrogens with one attached hydrogen (secondary N) is 3. The number of H-pyrrole nitrogens is 1. The molecule has 0 aliphatic carbocycles. The van der Waals surface area contributed by atoms with Crippen LogP contribution in [0.25, 0.3) is 16.6 Å². The highest BCUT2D eigenvalue weighted by molar-refractivity contribution is 6.41. The number of fused-ring (bicyclic) bond motifs is 1. The summed E-state index contributed by atoms with van der Waals surface area (Å²) < 4.78 is 6.66. The number of anilines is 3. The van der Waals surface area contributed by atoms with Gasteiger partial charge in [0.25, 0.3) is 0 Å². The molecule has 2 aliphatic rings. The first-order chi connectivity index (χ1) is 25.1. The molecule has 2 aliphatic heterocycles. The van der Waals surface area contributed by atoms with Crippen molar-refractivity contribution >= 4 is 69.3 Å². The second-order valence-corrected chi connectivity index (χ2v) is 12.5. The standard InChI is InChI=1S/C34H31ClN10O7/c35-22-3-8-27(45-19-36-40-41-45)28(18-22)43-9-10-44(32(48)31(43)47)29(30(46)37-24-6-7-25-21(16-24)17-26(39-25)33(49)50)15-20-1-4-23(5-2-20)38-34(51)42-11-13-52-14-12-42/h1-8,16-19,29,39H,9-15H2,(H,37,46)(H,38,51)(H,49,50). The first-order valence-corrected chi connectivity index (χ1v) is 16.6. The predicted octanol–water partition coefficient (Wildman–Crippen LogP) is 2.78. The summed E-state index contributed by atoms with van der Waals surface area (Å²) in [6.45, 7) is 1.92. The molecule has 0 bridgehead atoms. The van der Waals surface area contributed by atoms with Gasteiger partial charge in [0.15, 0.2) is 0 Å². The summed E-state index contributed by atoms with van der Waals surface area (Å²) >= 11 is 6.29. The van der Waals surface area contributed by atoms with Crippen LogP contribution in [-0.4, -0.2) is 115 Å². The molecule has 1 atom stereocenters. The second-order valence-electron chi connectivity index (χ2n) is 12.1. The Morgan fingerprint density at radius 3 is 2.38 bits per heavy atom. The molecule has 4 heterocycles. The third-order valence-electron chi connectivity index (χ3n) is 8.81. The molecule has 266 valence electrons. The number of carboxylic acid groups (broad SMARTS) is 1. The molecule has 0 saturated carbocycles. The number of ether oxygens (including phenoxy) is 1. The summed E-state index contributed by atoms with van der Waals surface area (Å²) in [6, 6.07) is 16.6. The summed E-state index contributed by atoms with van der Waals surface area (Å²) in [4.78, 5) is 72.9. The lowest BCUT2D eigenvalue weighted by molar-refractivity contribution is -0.149. The van der Waals surface area contributed by atoms with Crippen molar-refractivity contribution in [1.29, 1.82) is 0 Å². The summed E-state index contributed by atoms with van der Waals surface area (Å²) in [5, 5.41) is 27.2. The number of rotatable bonds is 9. The van der Waals surface area contributed by atoms with E-state index in [1.165, 1.54) is 32.9 Å². The number of morpholine rings is 1. The molecule has 18 heteroatoms. The molecule has 7 rings (SSSR count). The van der Waals surface area contributed by atoms with E-state index in [-0.39, 0.29) is 31.2 Å². The van der Waals surface area contributed by atoms with Gasteiger partial charge in [0, 0.05) is 59.9 Å². The van der Waals surface area contributed by atoms with E-state index in [9.17, 15) is 29.1 Å². The first-order valence-electron chi connectivity index (χ1n) is 16.2. The molecule has 5 aromatic rings. The number of carboxylic acids is 1. The number of aromatic nitrogens is 5. The fourth-order valence-electron chi connectivity index (χ4n) is 6.17. The maximum absolute atomic E-state index is 14.1. The number of hydrogen-bond donors (Lipinski definition) is 4. The number of carbonyl (C=O) groups excluding carboxylic acids is 4. The Labute approximate surface area is 300 Å². The van der Waals surface area contributed by atoms with Crippen LogP contribution in [-0.2, 0) is 25.5 Å². The van der Waals surface area contributed by atoms with Crippen molar-refractivity contribution in [3.8, 4) is 5.69 Å². The van der Waals surface area contributed by atoms with Crippen molar-refractivity contribution in [3.63, 3.8) is 0 Å². The smallest absolute Gasteiger partial charge is 0.352 e. The second kappa shape index (κ2) is 14.5. The van der Waals surface area contributed by atoms with Crippen LogP contribution < -0.4 is 15.5 Å². The molecule has 2 fully saturated rings. The normalized spacial score (nSPS) is 15.5. The SMILES string of the molecule is O=C(O)c1cc2cc(NC(=O)C(Cc3ccc(NC(=O)N4CCOCC4)cc3)N3CCN(c4cc(Cl)ccc4-n4cnnn4)C(=O)C3=O)ccc2[nH]1. The van der Waals surface area contributed by atoms with Gasteiger partial charge in [0.05, 0.1) is 24.6 Å². The molecule has 4 N–H and O–H groups in total. The van der Waals surface area contributed by atoms with Gasteiger partial charge in [-0.25, -0.2) is 9.59 Å². The summed E-state index contributed by atoms with van der Waals surface area (Å²) in [6.07, 6.45) is 1.38. The highest BCUT2D eigenvalue weighted by atomic mass is 35.5. The molecule has 17 nitrogen and oxygen atoms in total. The van der Waals surface area contributed by atoms with Crippen molar-refractivity contribution in [3.05, 3.63) is 89.3 Å². The quantitative estimate of drug-likeness (QED) is 0.163. The van der Waals surface area contributed by atoms with Gasteiger partial charge < -0.3 is 40.2 Å². The number of aromatic amines is 1. The van der Waals surface area contributed by atoms with E-state index in [4.69, 9.17) is 16.3 Å². The van der Waals surface area contributed by atoms with Crippen molar-refractivity contribution in [2.75, 3.05) is 54.9 Å². The summed E-state index contributed by atoms with van der Waals surface area (Å²) in [5.41, 5.74) is 2.86. The molecular formula is C34H31ClN10O7. The maximum Gasteiger partial charge on any atom is 0.352 e. The van der Waals surface area contributed by atoms with Crippen LogP contribution in [0.3, 0.4) is 0 Å². The monoisotopic (exact) mass is 726 g/mol. The molecule has 1 unspecified atom stereocenters. The lowest BCUT2D eigenvalue weighted by atomic mass is 10.0. The van der Waals surface area contributed by atoms with Gasteiger partial charge in [0.1, 0.15) is 18.1 Å². The number of hydrogen-bond acceptors (Lipinski definition) is 9. The van der Waals surface area contributed by atoms with E-state index in [1.807, 2.05) is 0 Å². The van der Waals surface area contributed by atoms with E-state index in [0.29, 0.717) is 70.5 Å². The van der Waals surface area contributed by atoms with Crippen LogP contribution in [0.5, 0.6) is 0 Å². The summed E-state index contributed by atoms with van der Waals surface area (Å²) in [7, 11) is 0. The number of nitrogens with zero attached hydrogens (tertiary/aromatic N) is 7. The number of amides is 5. The number of benzene rings is 3. The minimum absolute atomic E-state index is 0.00325. The molecule has 5 amide bonds. The van der Waals surface area contributed by atoms with Crippen LogP contribution in [0, 0.1) is 0 Å². The van der Waals surface area contributed by atoms with Gasteiger partial charge in [0.2, 0.25) is 5.91 Å². The molecule has 0 spiro atoms. The maximum atomic E-state index is 14.1. The van der Waals surface area contributed by atoms with Gasteiger partial charge in [-0.15, -0.1) is 5.10 Å². The van der Waals surface area contributed by atoms with Gasteiger partial charge in [-0.3, -0.25) is 14.4 Å². The molecule has 2 saturated heterocycles. The molecule has 52 heavy (non-hydrogen) atoms. The Kier molecular flexibility index (Phi) is 9.51. The van der Waals surface area contributed by atoms with Crippen LogP contribution >= 0.6 is 11.6 Å². The van der Waals surface area contributed by atoms with Gasteiger partial charge in [-0.2, -0.15) is 4.68 Å². The van der Waals surface area contributed by atoms with Crippen LogP contribution in [0.1, 0.15) is 16.1 Å². The molecule has 3 aromatic carbocycles. The fraction of sp³-hybridized carbons (Fsp3) is 0.235. The molecular weight excluding hydrogens is 696 g/mol. The number of piperazine rings is 1. The van der Waals surface area contributed by atoms with Crippen molar-refractivity contribution in [2.24, 2.45) is 0 Å². The zero-order valence-electron chi connectivity index (χ0n) is 27.4. The van der Waals surface area contributed by atoms with Gasteiger partial charge >= 0.3 is 23.8 Å². The number of halogens is 1. The number of tetrazole rings is 1. The molecule has 2 aromatic heterocycles. The van der Waals surface area contributed by atoms with Crippen LogP contribution in [0.4, 0.5) is 21.9 Å². The first kappa shape index (κ1) is 34.1.